The van der Waals surface area contributed by atoms with Crippen LogP contribution in [0.25, 0.3) is 0 Å². The zero-order valence-electron chi connectivity index (χ0n) is 12.2. The number of carbonyl (C=O) groups is 1. The molecule has 0 bridgehead atoms. The number of hydrogen-bond acceptors (Lipinski definition) is 3. The summed E-state index contributed by atoms with van der Waals surface area (Å²) in [5, 5.41) is 6.68. The minimum atomic E-state index is 0. The number of hydrogen-bond donors (Lipinski definition) is 2. The van der Waals surface area contributed by atoms with Gasteiger partial charge in [0.25, 0.3) is 0 Å². The second kappa shape index (κ2) is 7.30. The highest BCUT2D eigenvalue weighted by molar-refractivity contribution is 5.85. The van der Waals surface area contributed by atoms with Gasteiger partial charge in [-0.1, -0.05) is 0 Å². The number of nitrogens with one attached hydrogen (secondary N) is 2. The summed E-state index contributed by atoms with van der Waals surface area (Å²) >= 11 is 0. The van der Waals surface area contributed by atoms with Crippen molar-refractivity contribution < 1.29 is 4.79 Å². The van der Waals surface area contributed by atoms with Crippen molar-refractivity contribution in [3.63, 3.8) is 0 Å². The molecule has 2 heterocycles. The van der Waals surface area contributed by atoms with Crippen LogP contribution in [-0.2, 0) is 4.79 Å². The molecule has 1 atom stereocenters. The van der Waals surface area contributed by atoms with E-state index in [1.165, 1.54) is 12.8 Å². The van der Waals surface area contributed by atoms with Crippen molar-refractivity contribution in [3.8, 4) is 0 Å². The molecule has 118 valence electrons. The fraction of sp³-hybridized carbons (Fsp3) is 0.929. The molecule has 1 spiro atoms. The van der Waals surface area contributed by atoms with E-state index >= 15 is 0 Å². The van der Waals surface area contributed by atoms with Crippen molar-refractivity contribution in [3.05, 3.63) is 0 Å². The van der Waals surface area contributed by atoms with Gasteiger partial charge in [-0.3, -0.25) is 4.79 Å². The predicted molar refractivity (Wildman–Crippen MR) is 85.8 cm³/mol. The summed E-state index contributed by atoms with van der Waals surface area (Å²) in [4.78, 5) is 14.6. The van der Waals surface area contributed by atoms with E-state index in [-0.39, 0.29) is 24.8 Å². The Hall–Kier alpha value is -0.0300. The third-order valence-corrected chi connectivity index (χ3v) is 5.17. The van der Waals surface area contributed by atoms with Crippen LogP contribution in [0.3, 0.4) is 0 Å². The van der Waals surface area contributed by atoms with Crippen LogP contribution in [0.4, 0.5) is 0 Å². The molecular formula is C14H27Cl2N3O. The van der Waals surface area contributed by atoms with Crippen molar-refractivity contribution in [1.82, 2.24) is 15.5 Å². The van der Waals surface area contributed by atoms with Gasteiger partial charge in [0.1, 0.15) is 0 Å². The molecule has 6 heteroatoms. The van der Waals surface area contributed by atoms with E-state index in [4.69, 9.17) is 0 Å². The summed E-state index contributed by atoms with van der Waals surface area (Å²) in [6.45, 7) is 4.42. The number of halogens is 2. The highest BCUT2D eigenvalue weighted by Gasteiger charge is 2.57. The minimum Gasteiger partial charge on any atom is -0.353 e. The smallest absolute Gasteiger partial charge is 0.223 e. The number of piperidine rings is 2. The second-order valence-electron chi connectivity index (χ2n) is 6.46. The number of likely N-dealkylation sites (tertiary alicyclic amines) is 1. The predicted octanol–water partition coefficient (Wildman–Crippen LogP) is 1.43. The lowest BCUT2D eigenvalue weighted by atomic mass is 9.91. The molecule has 1 saturated carbocycles. The summed E-state index contributed by atoms with van der Waals surface area (Å²) in [6.07, 6.45) is 5.75. The molecule has 0 aromatic carbocycles. The number of carbonyl (C=O) groups excluding carboxylic acids is 1. The number of amides is 1. The SMILES string of the molecule is CN1CCC(NC(=O)C2CC23CCNCC3)CC1.Cl.Cl. The van der Waals surface area contributed by atoms with E-state index < -0.39 is 0 Å². The standard InChI is InChI=1S/C14H25N3O.2ClH/c1-17-8-2-11(3-9-17)16-13(18)12-10-14(12)4-6-15-7-5-14;;/h11-12,15H,2-10H2,1H3,(H,16,18);2*1H. The first-order valence-corrected chi connectivity index (χ1v) is 7.39. The number of nitrogens with zero attached hydrogens (tertiary/aromatic N) is 1. The summed E-state index contributed by atoms with van der Waals surface area (Å²) in [7, 11) is 2.16. The molecule has 1 amide bonds. The van der Waals surface area contributed by atoms with Crippen molar-refractivity contribution in [2.24, 2.45) is 11.3 Å². The molecule has 20 heavy (non-hydrogen) atoms. The highest BCUT2D eigenvalue weighted by atomic mass is 35.5. The Morgan fingerprint density at radius 1 is 1.20 bits per heavy atom. The van der Waals surface area contributed by atoms with Crippen LogP contribution in [0.5, 0.6) is 0 Å². The maximum absolute atomic E-state index is 12.3. The molecule has 0 aromatic heterocycles. The van der Waals surface area contributed by atoms with Crippen LogP contribution in [0.15, 0.2) is 0 Å². The molecule has 2 aliphatic heterocycles. The van der Waals surface area contributed by atoms with Crippen molar-refractivity contribution >= 4 is 30.7 Å². The molecule has 0 radical (unpaired) electrons. The van der Waals surface area contributed by atoms with E-state index in [1.807, 2.05) is 0 Å². The van der Waals surface area contributed by atoms with Crippen LogP contribution in [0.1, 0.15) is 32.1 Å². The van der Waals surface area contributed by atoms with E-state index in [1.54, 1.807) is 0 Å². The summed E-state index contributed by atoms with van der Waals surface area (Å²) in [6, 6.07) is 0.424. The van der Waals surface area contributed by atoms with Gasteiger partial charge in [0.15, 0.2) is 0 Å². The number of rotatable bonds is 2. The van der Waals surface area contributed by atoms with Gasteiger partial charge < -0.3 is 15.5 Å². The van der Waals surface area contributed by atoms with Crippen LogP contribution >= 0.6 is 24.8 Å². The lowest BCUT2D eigenvalue weighted by molar-refractivity contribution is -0.124. The molecular weight excluding hydrogens is 297 g/mol. The lowest BCUT2D eigenvalue weighted by Gasteiger charge is -2.30. The summed E-state index contributed by atoms with van der Waals surface area (Å²) in [5.41, 5.74) is 0.376. The fourth-order valence-corrected chi connectivity index (χ4v) is 3.65. The first-order chi connectivity index (χ1) is 8.70. The van der Waals surface area contributed by atoms with E-state index in [2.05, 4.69) is 22.6 Å². The fourth-order valence-electron chi connectivity index (χ4n) is 3.65. The monoisotopic (exact) mass is 323 g/mol. The normalized spacial score (nSPS) is 29.1. The zero-order valence-corrected chi connectivity index (χ0v) is 13.8. The van der Waals surface area contributed by atoms with Crippen LogP contribution in [0, 0.1) is 11.3 Å². The van der Waals surface area contributed by atoms with E-state index in [9.17, 15) is 4.79 Å². The first kappa shape index (κ1) is 18.0. The van der Waals surface area contributed by atoms with Gasteiger partial charge in [0, 0.05) is 12.0 Å². The average Bonchev–Trinajstić information content (AvgIpc) is 3.07. The van der Waals surface area contributed by atoms with Gasteiger partial charge in [-0.2, -0.15) is 0 Å². The Balaban J connectivity index is 0.000001000. The Bertz CT molecular complexity index is 326. The third kappa shape index (κ3) is 3.79. The Labute approximate surface area is 134 Å². The largest absolute Gasteiger partial charge is 0.353 e. The van der Waals surface area contributed by atoms with Crippen LogP contribution < -0.4 is 10.6 Å². The molecule has 3 rings (SSSR count). The molecule has 2 N–H and O–H groups in total. The maximum Gasteiger partial charge on any atom is 0.223 e. The molecule has 3 fully saturated rings. The minimum absolute atomic E-state index is 0. The zero-order chi connectivity index (χ0) is 12.6. The van der Waals surface area contributed by atoms with Gasteiger partial charge in [-0.15, -0.1) is 24.8 Å². The van der Waals surface area contributed by atoms with Crippen LogP contribution in [-0.4, -0.2) is 50.1 Å². The van der Waals surface area contributed by atoms with Gasteiger partial charge >= 0.3 is 0 Å². The van der Waals surface area contributed by atoms with Crippen molar-refractivity contribution in [2.45, 2.75) is 38.1 Å². The Morgan fingerprint density at radius 2 is 1.80 bits per heavy atom. The van der Waals surface area contributed by atoms with E-state index in [0.29, 0.717) is 23.3 Å². The molecule has 2 saturated heterocycles. The van der Waals surface area contributed by atoms with Gasteiger partial charge in [0.2, 0.25) is 5.91 Å². The molecule has 4 nitrogen and oxygen atoms in total. The topological polar surface area (TPSA) is 44.4 Å². The third-order valence-electron chi connectivity index (χ3n) is 5.17. The molecule has 1 aliphatic carbocycles. The Morgan fingerprint density at radius 3 is 2.40 bits per heavy atom. The molecule has 3 aliphatic rings. The highest BCUT2D eigenvalue weighted by Crippen LogP contribution is 2.58. The van der Waals surface area contributed by atoms with Gasteiger partial charge in [-0.05, 0) is 70.7 Å². The summed E-state index contributed by atoms with van der Waals surface area (Å²) < 4.78 is 0. The summed E-state index contributed by atoms with van der Waals surface area (Å²) in [5.74, 6) is 0.658. The maximum atomic E-state index is 12.3. The second-order valence-corrected chi connectivity index (χ2v) is 6.46. The van der Waals surface area contributed by atoms with Crippen molar-refractivity contribution in [1.29, 1.82) is 0 Å². The molecule has 1 unspecified atom stereocenters. The van der Waals surface area contributed by atoms with E-state index in [0.717, 1.165) is 45.4 Å². The van der Waals surface area contributed by atoms with Crippen LogP contribution in [0.2, 0.25) is 0 Å². The first-order valence-electron chi connectivity index (χ1n) is 7.39. The lowest BCUT2D eigenvalue weighted by Crippen LogP contribution is -2.44. The van der Waals surface area contributed by atoms with Gasteiger partial charge in [0.05, 0.1) is 0 Å². The molecule has 0 aromatic rings. The quantitative estimate of drug-likeness (QED) is 0.808. The Kier molecular flexibility index (Phi) is 6.58. The van der Waals surface area contributed by atoms with Crippen molar-refractivity contribution in [2.75, 3.05) is 33.2 Å². The van der Waals surface area contributed by atoms with Gasteiger partial charge in [-0.25, -0.2) is 0 Å². The average molecular weight is 324 g/mol.